The van der Waals surface area contributed by atoms with Crippen molar-refractivity contribution in [3.8, 4) is 6.07 Å². The molecule has 0 aromatic heterocycles. The summed E-state index contributed by atoms with van der Waals surface area (Å²) >= 11 is 0. The van der Waals surface area contributed by atoms with Gasteiger partial charge in [0.25, 0.3) is 5.69 Å². The van der Waals surface area contributed by atoms with Gasteiger partial charge in [-0.2, -0.15) is 5.26 Å². The van der Waals surface area contributed by atoms with E-state index in [2.05, 4.69) is 17.1 Å². The Labute approximate surface area is 106 Å². The second kappa shape index (κ2) is 6.57. The smallest absolute Gasteiger partial charge is 0.287 e. The van der Waals surface area contributed by atoms with Crippen LogP contribution in [0.15, 0.2) is 18.2 Å². The third-order valence-corrected chi connectivity index (χ3v) is 2.68. The van der Waals surface area contributed by atoms with E-state index in [1.54, 1.807) is 6.07 Å². The van der Waals surface area contributed by atoms with Crippen molar-refractivity contribution in [2.45, 2.75) is 6.92 Å². The predicted molar refractivity (Wildman–Crippen MR) is 69.5 cm³/mol. The van der Waals surface area contributed by atoms with E-state index in [4.69, 9.17) is 5.26 Å². The first-order chi connectivity index (χ1) is 8.58. The number of hydrogen-bond donors (Lipinski definition) is 1. The molecule has 6 nitrogen and oxygen atoms in total. The van der Waals surface area contributed by atoms with Crippen LogP contribution in [0.5, 0.6) is 0 Å². The molecule has 0 spiro atoms. The van der Waals surface area contributed by atoms with Gasteiger partial charge in [-0.25, -0.2) is 0 Å². The van der Waals surface area contributed by atoms with Crippen LogP contribution in [0.1, 0.15) is 12.5 Å². The van der Waals surface area contributed by atoms with Crippen LogP contribution in [0, 0.1) is 21.4 Å². The van der Waals surface area contributed by atoms with Gasteiger partial charge in [-0.1, -0.05) is 6.92 Å². The number of benzene rings is 1. The van der Waals surface area contributed by atoms with Gasteiger partial charge in [-0.3, -0.25) is 10.1 Å². The van der Waals surface area contributed by atoms with E-state index in [0.29, 0.717) is 0 Å². The minimum absolute atomic E-state index is 0.0776. The largest absolute Gasteiger partial charge is 0.384 e. The van der Waals surface area contributed by atoms with Crippen molar-refractivity contribution in [3.63, 3.8) is 0 Å². The maximum absolute atomic E-state index is 10.7. The summed E-state index contributed by atoms with van der Waals surface area (Å²) in [6.07, 6.45) is 0. The molecule has 0 bridgehead atoms. The summed E-state index contributed by atoms with van der Waals surface area (Å²) in [6.45, 7) is 4.63. The van der Waals surface area contributed by atoms with E-state index in [1.807, 2.05) is 13.1 Å². The molecule has 1 aromatic rings. The number of nitro groups is 1. The molecule has 0 radical (unpaired) electrons. The van der Waals surface area contributed by atoms with Crippen LogP contribution in [0.2, 0.25) is 0 Å². The van der Waals surface area contributed by atoms with Crippen molar-refractivity contribution in [1.82, 2.24) is 4.90 Å². The second-order valence-electron chi connectivity index (χ2n) is 3.92. The summed E-state index contributed by atoms with van der Waals surface area (Å²) in [7, 11) is 2.01. The highest BCUT2D eigenvalue weighted by Gasteiger charge is 2.13. The molecule has 0 unspecified atom stereocenters. The van der Waals surface area contributed by atoms with Gasteiger partial charge in [0, 0.05) is 24.8 Å². The van der Waals surface area contributed by atoms with Gasteiger partial charge in [0.2, 0.25) is 0 Å². The van der Waals surface area contributed by atoms with Crippen molar-refractivity contribution in [2.75, 3.05) is 32.0 Å². The fourth-order valence-corrected chi connectivity index (χ4v) is 1.44. The molecule has 0 heterocycles. The van der Waals surface area contributed by atoms with E-state index < -0.39 is 4.92 Å². The number of anilines is 1. The van der Waals surface area contributed by atoms with Gasteiger partial charge in [0.1, 0.15) is 11.6 Å². The van der Waals surface area contributed by atoms with Crippen LogP contribution in [0.4, 0.5) is 11.4 Å². The topological polar surface area (TPSA) is 82.2 Å². The highest BCUT2D eigenvalue weighted by atomic mass is 16.6. The highest BCUT2D eigenvalue weighted by molar-refractivity contribution is 5.58. The lowest BCUT2D eigenvalue weighted by Gasteiger charge is -2.14. The average Bonchev–Trinajstić information content (AvgIpc) is 2.37. The lowest BCUT2D eigenvalue weighted by Crippen LogP contribution is -2.24. The molecule has 96 valence electrons. The number of likely N-dealkylation sites (N-methyl/N-ethyl adjacent to an activating group) is 1. The zero-order valence-electron chi connectivity index (χ0n) is 10.5. The Hall–Kier alpha value is -2.13. The molecule has 1 rings (SSSR count). The van der Waals surface area contributed by atoms with E-state index in [-0.39, 0.29) is 11.3 Å². The fourth-order valence-electron chi connectivity index (χ4n) is 1.44. The lowest BCUT2D eigenvalue weighted by atomic mass is 10.2. The molecule has 0 amide bonds. The Morgan fingerprint density at radius 2 is 2.28 bits per heavy atom. The minimum Gasteiger partial charge on any atom is -0.384 e. The van der Waals surface area contributed by atoms with Crippen LogP contribution in [-0.4, -0.2) is 36.5 Å². The number of rotatable bonds is 6. The van der Waals surface area contributed by atoms with Gasteiger partial charge in [0.15, 0.2) is 0 Å². The Bertz CT molecular complexity index is 468. The highest BCUT2D eigenvalue weighted by Crippen LogP contribution is 2.21. The monoisotopic (exact) mass is 248 g/mol. The third kappa shape index (κ3) is 3.71. The fraction of sp³-hybridized carbons (Fsp3) is 0.417. The summed E-state index contributed by atoms with van der Waals surface area (Å²) in [6, 6.07) is 6.31. The summed E-state index contributed by atoms with van der Waals surface area (Å²) in [5, 5.41) is 22.6. The zero-order chi connectivity index (χ0) is 13.5. The van der Waals surface area contributed by atoms with E-state index in [0.717, 1.165) is 25.3 Å². The van der Waals surface area contributed by atoms with Crippen LogP contribution in [0.3, 0.4) is 0 Å². The standard InChI is InChI=1S/C12H16N4O2/c1-3-15(2)7-6-14-11-4-5-12(16(17)18)10(8-11)9-13/h4-5,8,14H,3,6-7H2,1-2H3. The Morgan fingerprint density at radius 1 is 1.56 bits per heavy atom. The minimum atomic E-state index is -0.548. The molecule has 0 saturated heterocycles. The maximum Gasteiger partial charge on any atom is 0.287 e. The summed E-state index contributed by atoms with van der Waals surface area (Å²) < 4.78 is 0. The van der Waals surface area contributed by atoms with Gasteiger partial charge in [-0.05, 0) is 25.7 Å². The van der Waals surface area contributed by atoms with Crippen LogP contribution in [0.25, 0.3) is 0 Å². The Morgan fingerprint density at radius 3 is 2.83 bits per heavy atom. The first-order valence-electron chi connectivity index (χ1n) is 5.69. The summed E-state index contributed by atoms with van der Waals surface area (Å²) in [5.74, 6) is 0. The van der Waals surface area contributed by atoms with Gasteiger partial charge < -0.3 is 10.2 Å². The summed E-state index contributed by atoms with van der Waals surface area (Å²) in [4.78, 5) is 12.3. The number of nitrogens with zero attached hydrogens (tertiary/aromatic N) is 3. The Kier molecular flexibility index (Phi) is 5.08. The predicted octanol–water partition coefficient (Wildman–Crippen LogP) is 1.83. The maximum atomic E-state index is 10.7. The molecule has 0 aliphatic carbocycles. The summed E-state index contributed by atoms with van der Waals surface area (Å²) in [5.41, 5.74) is 0.643. The van der Waals surface area contributed by atoms with Crippen molar-refractivity contribution < 1.29 is 4.92 Å². The van der Waals surface area contributed by atoms with E-state index in [1.165, 1.54) is 12.1 Å². The van der Waals surface area contributed by atoms with Crippen LogP contribution < -0.4 is 5.32 Å². The van der Waals surface area contributed by atoms with Crippen LogP contribution >= 0.6 is 0 Å². The molecular weight excluding hydrogens is 232 g/mol. The molecule has 1 aromatic carbocycles. The van der Waals surface area contributed by atoms with Gasteiger partial charge in [-0.15, -0.1) is 0 Å². The molecule has 0 aliphatic rings. The quantitative estimate of drug-likeness (QED) is 0.613. The molecule has 1 N–H and O–H groups in total. The zero-order valence-corrected chi connectivity index (χ0v) is 10.5. The Balaban J connectivity index is 2.69. The van der Waals surface area contributed by atoms with Crippen molar-refractivity contribution in [3.05, 3.63) is 33.9 Å². The molecule has 6 heteroatoms. The molecule has 18 heavy (non-hydrogen) atoms. The number of hydrogen-bond acceptors (Lipinski definition) is 5. The average molecular weight is 248 g/mol. The first-order valence-corrected chi connectivity index (χ1v) is 5.69. The van der Waals surface area contributed by atoms with Crippen molar-refractivity contribution in [1.29, 1.82) is 5.26 Å². The third-order valence-electron chi connectivity index (χ3n) is 2.68. The molecule has 0 aliphatic heterocycles. The molecule has 0 fully saturated rings. The molecule has 0 saturated carbocycles. The van der Waals surface area contributed by atoms with Crippen LogP contribution in [-0.2, 0) is 0 Å². The van der Waals surface area contributed by atoms with E-state index >= 15 is 0 Å². The number of nitriles is 1. The SMILES string of the molecule is CCN(C)CCNc1ccc([N+](=O)[O-])c(C#N)c1. The van der Waals surface area contributed by atoms with Crippen molar-refractivity contribution >= 4 is 11.4 Å². The molecular formula is C12H16N4O2. The van der Waals surface area contributed by atoms with Gasteiger partial charge >= 0.3 is 0 Å². The van der Waals surface area contributed by atoms with Crippen molar-refractivity contribution in [2.24, 2.45) is 0 Å². The number of nitrogens with one attached hydrogen (secondary N) is 1. The lowest BCUT2D eigenvalue weighted by molar-refractivity contribution is -0.385. The number of nitro benzene ring substituents is 1. The normalized spacial score (nSPS) is 10.1. The van der Waals surface area contributed by atoms with E-state index in [9.17, 15) is 10.1 Å². The van der Waals surface area contributed by atoms with Gasteiger partial charge in [0.05, 0.1) is 4.92 Å². The molecule has 0 atom stereocenters. The first kappa shape index (κ1) is 13.9. The second-order valence-corrected chi connectivity index (χ2v) is 3.92.